The number of hydrogen-bond donors (Lipinski definition) is 0. The SMILES string of the molecule is C[C@@](C#N)(CC1CC1)c1cncnc1. The van der Waals surface area contributed by atoms with Gasteiger partial charge in [-0.3, -0.25) is 0 Å². The van der Waals surface area contributed by atoms with Crippen molar-refractivity contribution in [2.45, 2.75) is 31.6 Å². The van der Waals surface area contributed by atoms with Crippen molar-refractivity contribution in [3.63, 3.8) is 0 Å². The maximum absolute atomic E-state index is 9.21. The van der Waals surface area contributed by atoms with E-state index in [1.807, 2.05) is 6.92 Å². The van der Waals surface area contributed by atoms with Gasteiger partial charge in [0.1, 0.15) is 6.33 Å². The Balaban J connectivity index is 2.23. The molecule has 0 aliphatic heterocycles. The van der Waals surface area contributed by atoms with Gasteiger partial charge in [0, 0.05) is 18.0 Å². The van der Waals surface area contributed by atoms with E-state index in [2.05, 4.69) is 16.0 Å². The van der Waals surface area contributed by atoms with Crippen LogP contribution in [0.4, 0.5) is 0 Å². The van der Waals surface area contributed by atoms with Gasteiger partial charge < -0.3 is 0 Å². The summed E-state index contributed by atoms with van der Waals surface area (Å²) in [6.07, 6.45) is 8.47. The molecule has 0 unspecified atom stereocenters. The molecule has 1 atom stereocenters. The molecule has 3 nitrogen and oxygen atoms in total. The molecule has 2 rings (SSSR count). The topological polar surface area (TPSA) is 49.6 Å². The fraction of sp³-hybridized carbons (Fsp3) is 0.545. The molecule has 1 fully saturated rings. The van der Waals surface area contributed by atoms with Crippen LogP contribution in [0.3, 0.4) is 0 Å². The Kier molecular flexibility index (Phi) is 2.20. The molecule has 14 heavy (non-hydrogen) atoms. The lowest BCUT2D eigenvalue weighted by atomic mass is 9.81. The molecule has 0 spiro atoms. The summed E-state index contributed by atoms with van der Waals surface area (Å²) in [6, 6.07) is 2.39. The highest BCUT2D eigenvalue weighted by atomic mass is 14.8. The van der Waals surface area contributed by atoms with Crippen LogP contribution in [-0.2, 0) is 5.41 Å². The van der Waals surface area contributed by atoms with Gasteiger partial charge in [-0.15, -0.1) is 0 Å². The zero-order chi connectivity index (χ0) is 10.0. The van der Waals surface area contributed by atoms with Crippen molar-refractivity contribution in [2.24, 2.45) is 5.92 Å². The van der Waals surface area contributed by atoms with Crippen LogP contribution < -0.4 is 0 Å². The van der Waals surface area contributed by atoms with E-state index in [0.29, 0.717) is 0 Å². The minimum absolute atomic E-state index is 0.400. The van der Waals surface area contributed by atoms with Crippen LogP contribution in [0, 0.1) is 17.2 Å². The van der Waals surface area contributed by atoms with Crippen molar-refractivity contribution in [3.05, 3.63) is 24.3 Å². The Labute approximate surface area is 83.8 Å². The quantitative estimate of drug-likeness (QED) is 0.727. The van der Waals surface area contributed by atoms with E-state index >= 15 is 0 Å². The zero-order valence-corrected chi connectivity index (χ0v) is 8.27. The summed E-state index contributed by atoms with van der Waals surface area (Å²) in [6.45, 7) is 1.98. The lowest BCUT2D eigenvalue weighted by Gasteiger charge is -2.20. The van der Waals surface area contributed by atoms with Crippen molar-refractivity contribution < 1.29 is 0 Å². The highest BCUT2D eigenvalue weighted by molar-refractivity contribution is 5.27. The fourth-order valence-electron chi connectivity index (χ4n) is 1.71. The summed E-state index contributed by atoms with van der Waals surface area (Å²) in [5, 5.41) is 9.21. The molecule has 1 aliphatic rings. The molecule has 1 aromatic rings. The Morgan fingerprint density at radius 1 is 1.50 bits per heavy atom. The van der Waals surface area contributed by atoms with Crippen molar-refractivity contribution in [1.82, 2.24) is 9.97 Å². The summed E-state index contributed by atoms with van der Waals surface area (Å²) in [4.78, 5) is 7.93. The number of nitriles is 1. The zero-order valence-electron chi connectivity index (χ0n) is 8.27. The van der Waals surface area contributed by atoms with E-state index in [0.717, 1.165) is 17.9 Å². The predicted molar refractivity (Wildman–Crippen MR) is 52.3 cm³/mol. The van der Waals surface area contributed by atoms with Crippen LogP contribution in [-0.4, -0.2) is 9.97 Å². The van der Waals surface area contributed by atoms with Crippen LogP contribution in [0.5, 0.6) is 0 Å². The van der Waals surface area contributed by atoms with Gasteiger partial charge in [-0.1, -0.05) is 12.8 Å². The maximum atomic E-state index is 9.21. The van der Waals surface area contributed by atoms with E-state index in [9.17, 15) is 5.26 Å². The van der Waals surface area contributed by atoms with Crippen LogP contribution in [0.2, 0.25) is 0 Å². The highest BCUT2D eigenvalue weighted by Gasteiger charge is 2.35. The van der Waals surface area contributed by atoms with Gasteiger partial charge in [0.2, 0.25) is 0 Å². The molecular weight excluding hydrogens is 174 g/mol. The predicted octanol–water partition coefficient (Wildman–Crippen LogP) is 2.06. The first-order chi connectivity index (χ1) is 6.74. The molecule has 0 saturated heterocycles. The normalized spacial score (nSPS) is 19.7. The first kappa shape index (κ1) is 9.14. The van der Waals surface area contributed by atoms with Crippen molar-refractivity contribution in [1.29, 1.82) is 5.26 Å². The Bertz CT molecular complexity index is 351. The Morgan fingerprint density at radius 3 is 2.64 bits per heavy atom. The molecule has 3 heteroatoms. The van der Waals surface area contributed by atoms with Gasteiger partial charge in [-0.25, -0.2) is 9.97 Å². The third-order valence-corrected chi connectivity index (χ3v) is 2.84. The highest BCUT2D eigenvalue weighted by Crippen LogP contribution is 2.41. The first-order valence-electron chi connectivity index (χ1n) is 4.91. The molecule has 72 valence electrons. The third kappa shape index (κ3) is 1.74. The third-order valence-electron chi connectivity index (χ3n) is 2.84. The monoisotopic (exact) mass is 187 g/mol. The Hall–Kier alpha value is -1.43. The summed E-state index contributed by atoms with van der Waals surface area (Å²) in [5.41, 5.74) is 0.539. The first-order valence-corrected chi connectivity index (χ1v) is 4.91. The molecule has 1 heterocycles. The van der Waals surface area contributed by atoms with Gasteiger partial charge in [-0.2, -0.15) is 5.26 Å². The van der Waals surface area contributed by atoms with Crippen LogP contribution in [0.25, 0.3) is 0 Å². The van der Waals surface area contributed by atoms with Gasteiger partial charge in [0.15, 0.2) is 0 Å². The lowest BCUT2D eigenvalue weighted by Crippen LogP contribution is -2.20. The van der Waals surface area contributed by atoms with Gasteiger partial charge >= 0.3 is 0 Å². The van der Waals surface area contributed by atoms with E-state index in [1.54, 1.807) is 12.4 Å². The summed E-state index contributed by atoms with van der Waals surface area (Å²) in [7, 11) is 0. The second-order valence-electron chi connectivity index (χ2n) is 4.22. The second-order valence-corrected chi connectivity index (χ2v) is 4.22. The standard InChI is InChI=1S/C11H13N3/c1-11(7-12,4-9-2-3-9)10-5-13-8-14-6-10/h5-6,8-9H,2-4H2,1H3/t11-/m0/s1. The number of hydrogen-bond acceptors (Lipinski definition) is 3. The molecule has 0 radical (unpaired) electrons. The van der Waals surface area contributed by atoms with E-state index in [-0.39, 0.29) is 0 Å². The molecule has 0 N–H and O–H groups in total. The number of rotatable bonds is 3. The van der Waals surface area contributed by atoms with Gasteiger partial charge in [0.05, 0.1) is 11.5 Å². The van der Waals surface area contributed by atoms with E-state index < -0.39 is 5.41 Å². The molecule has 1 aromatic heterocycles. The second kappa shape index (κ2) is 3.38. The average molecular weight is 187 g/mol. The summed E-state index contributed by atoms with van der Waals surface area (Å²) < 4.78 is 0. The molecule has 0 bridgehead atoms. The number of nitrogens with zero attached hydrogens (tertiary/aromatic N) is 3. The maximum Gasteiger partial charge on any atom is 0.115 e. The minimum atomic E-state index is -0.400. The molecule has 0 aromatic carbocycles. The molecule has 1 saturated carbocycles. The average Bonchev–Trinajstić information content (AvgIpc) is 3.03. The Morgan fingerprint density at radius 2 is 2.14 bits per heavy atom. The number of aromatic nitrogens is 2. The van der Waals surface area contributed by atoms with E-state index in [1.165, 1.54) is 19.2 Å². The minimum Gasteiger partial charge on any atom is -0.244 e. The van der Waals surface area contributed by atoms with Crippen LogP contribution in [0.1, 0.15) is 31.7 Å². The van der Waals surface area contributed by atoms with Gasteiger partial charge in [0.25, 0.3) is 0 Å². The molecule has 0 amide bonds. The van der Waals surface area contributed by atoms with E-state index in [4.69, 9.17) is 0 Å². The van der Waals surface area contributed by atoms with Crippen molar-refractivity contribution in [2.75, 3.05) is 0 Å². The van der Waals surface area contributed by atoms with Crippen molar-refractivity contribution >= 4 is 0 Å². The largest absolute Gasteiger partial charge is 0.244 e. The van der Waals surface area contributed by atoms with Gasteiger partial charge in [-0.05, 0) is 19.3 Å². The smallest absolute Gasteiger partial charge is 0.115 e. The van der Waals surface area contributed by atoms with Crippen LogP contribution in [0.15, 0.2) is 18.7 Å². The summed E-state index contributed by atoms with van der Waals surface area (Å²) >= 11 is 0. The molecular formula is C11H13N3. The lowest BCUT2D eigenvalue weighted by molar-refractivity contribution is 0.509. The summed E-state index contributed by atoms with van der Waals surface area (Å²) in [5.74, 6) is 0.736. The van der Waals surface area contributed by atoms with Crippen molar-refractivity contribution in [3.8, 4) is 6.07 Å². The fourth-order valence-corrected chi connectivity index (χ4v) is 1.71. The molecule has 1 aliphatic carbocycles. The van der Waals surface area contributed by atoms with Crippen LogP contribution >= 0.6 is 0 Å².